The lowest BCUT2D eigenvalue weighted by atomic mass is 11.0. The van der Waals surface area contributed by atoms with Crippen molar-refractivity contribution >= 4 is 8.38 Å². The van der Waals surface area contributed by atoms with Crippen LogP contribution < -0.4 is 0 Å². The van der Waals surface area contributed by atoms with Crippen LogP contribution in [0.3, 0.4) is 0 Å². The zero-order valence-electron chi connectivity index (χ0n) is 5.30. The second kappa shape index (κ2) is 9.61. The number of hydrogen-bond donors (Lipinski definition) is 1. The van der Waals surface area contributed by atoms with E-state index in [0.29, 0.717) is 0 Å². The van der Waals surface area contributed by atoms with E-state index in [9.17, 15) is 0 Å². The molecule has 1 atom stereocenters. The minimum Gasteiger partial charge on any atom is -0.350 e. The third kappa shape index (κ3) is 21.8. The molecule has 0 radical (unpaired) electrons. The predicted molar refractivity (Wildman–Crippen MR) is 33.4 cm³/mol. The molecule has 0 saturated heterocycles. The van der Waals surface area contributed by atoms with E-state index < -0.39 is 8.38 Å². The van der Waals surface area contributed by atoms with Gasteiger partial charge in [0, 0.05) is 13.8 Å². The summed E-state index contributed by atoms with van der Waals surface area (Å²) in [7, 11) is 0.380. The fraction of sp³-hybridized carbons (Fsp3) is 1.00. The maximum Gasteiger partial charge on any atom is 0.164 e. The van der Waals surface area contributed by atoms with Gasteiger partial charge in [-0.1, -0.05) is 13.8 Å². The van der Waals surface area contributed by atoms with Crippen molar-refractivity contribution in [1.82, 2.24) is 0 Å². The van der Waals surface area contributed by atoms with Crippen LogP contribution in [0.4, 0.5) is 0 Å². The van der Waals surface area contributed by atoms with Crippen LogP contribution in [0.1, 0.15) is 13.8 Å². The molecule has 0 aromatic rings. The minimum atomic E-state index is -1.10. The summed E-state index contributed by atoms with van der Waals surface area (Å²) >= 11 is 0. The highest BCUT2D eigenvalue weighted by molar-refractivity contribution is 7.45. The van der Waals surface area contributed by atoms with Gasteiger partial charge in [0.05, 0.1) is 0 Å². The lowest BCUT2D eigenvalue weighted by Gasteiger charge is -1.92. The average Bonchev–Trinajstić information content (AvgIpc) is 1.73. The Hall–Kier alpha value is 0.350. The van der Waals surface area contributed by atoms with Gasteiger partial charge in [-0.3, -0.25) is 0 Å². The summed E-state index contributed by atoms with van der Waals surface area (Å²) in [6.45, 7) is 5.62. The molecule has 3 heteroatoms. The van der Waals surface area contributed by atoms with Crippen molar-refractivity contribution in [3.63, 3.8) is 0 Å². The standard InChI is InChI=1S/C2H7O2P.C2H6/c1-4-5(2)3;1-2/h3H,1-2H3;1-2H3. The quantitative estimate of drug-likeness (QED) is 0.538. The molecular weight excluding hydrogens is 111 g/mol. The fourth-order valence-corrected chi connectivity index (χ4v) is 0. The molecule has 0 aliphatic rings. The van der Waals surface area contributed by atoms with Crippen LogP contribution in [0.2, 0.25) is 0 Å². The topological polar surface area (TPSA) is 29.5 Å². The molecule has 2 nitrogen and oxygen atoms in total. The highest BCUT2D eigenvalue weighted by Crippen LogP contribution is 2.21. The van der Waals surface area contributed by atoms with Crippen LogP contribution in [0.5, 0.6) is 0 Å². The summed E-state index contributed by atoms with van der Waals surface area (Å²) in [5.41, 5.74) is 0. The second-order valence-electron chi connectivity index (χ2n) is 0.647. The summed E-state index contributed by atoms with van der Waals surface area (Å²) in [6, 6.07) is 0. The van der Waals surface area contributed by atoms with Crippen LogP contribution in [0, 0.1) is 0 Å². The zero-order valence-corrected chi connectivity index (χ0v) is 6.20. The molecule has 46 valence electrons. The molecule has 0 amide bonds. The molecule has 7 heavy (non-hydrogen) atoms. The third-order valence-corrected chi connectivity index (χ3v) is 0.793. The summed E-state index contributed by atoms with van der Waals surface area (Å²) in [6.07, 6.45) is 0. The van der Waals surface area contributed by atoms with Gasteiger partial charge in [-0.25, -0.2) is 0 Å². The highest BCUT2D eigenvalue weighted by Gasteiger charge is 1.81. The van der Waals surface area contributed by atoms with Gasteiger partial charge in [-0.05, 0) is 0 Å². The van der Waals surface area contributed by atoms with Crippen molar-refractivity contribution in [2.45, 2.75) is 13.8 Å². The summed E-state index contributed by atoms with van der Waals surface area (Å²) in [4.78, 5) is 8.20. The smallest absolute Gasteiger partial charge is 0.164 e. The maximum atomic E-state index is 8.20. The molecule has 1 unspecified atom stereocenters. The van der Waals surface area contributed by atoms with Crippen LogP contribution in [0.15, 0.2) is 0 Å². The first kappa shape index (κ1) is 10.4. The van der Waals surface area contributed by atoms with Gasteiger partial charge >= 0.3 is 0 Å². The molecule has 0 heterocycles. The molecule has 1 N–H and O–H groups in total. The number of rotatable bonds is 1. The van der Waals surface area contributed by atoms with Crippen molar-refractivity contribution < 1.29 is 9.42 Å². The molecule has 0 spiro atoms. The molecule has 0 rings (SSSR count). The monoisotopic (exact) mass is 124 g/mol. The van der Waals surface area contributed by atoms with E-state index in [0.717, 1.165) is 0 Å². The lowest BCUT2D eigenvalue weighted by Crippen LogP contribution is -1.66. The van der Waals surface area contributed by atoms with Gasteiger partial charge in [0.15, 0.2) is 8.38 Å². The van der Waals surface area contributed by atoms with E-state index in [2.05, 4.69) is 4.52 Å². The maximum absolute atomic E-state index is 8.20. The van der Waals surface area contributed by atoms with E-state index in [1.54, 1.807) is 6.66 Å². The Morgan fingerprint density at radius 3 is 1.57 bits per heavy atom. The Morgan fingerprint density at radius 2 is 1.57 bits per heavy atom. The molecular formula is C4H13O2P. The predicted octanol–water partition coefficient (Wildman–Crippen LogP) is 1.59. The van der Waals surface area contributed by atoms with Crippen LogP contribution in [-0.2, 0) is 4.52 Å². The Bertz CT molecular complexity index is 23.7. The normalized spacial score (nSPS) is 11.6. The van der Waals surface area contributed by atoms with Gasteiger partial charge in [-0.2, -0.15) is 0 Å². The highest BCUT2D eigenvalue weighted by atomic mass is 31.2. The molecule has 0 fully saturated rings. The Balaban J connectivity index is 0. The van der Waals surface area contributed by atoms with Gasteiger partial charge in [0.25, 0.3) is 0 Å². The van der Waals surface area contributed by atoms with E-state index in [-0.39, 0.29) is 0 Å². The Kier molecular flexibility index (Phi) is 14.2. The molecule has 0 aromatic heterocycles. The summed E-state index contributed by atoms with van der Waals surface area (Å²) < 4.78 is 4.37. The van der Waals surface area contributed by atoms with Crippen LogP contribution >= 0.6 is 8.38 Å². The van der Waals surface area contributed by atoms with E-state index in [4.69, 9.17) is 4.89 Å². The molecule has 0 aromatic carbocycles. The fourth-order valence-electron chi connectivity index (χ4n) is 0. The molecule has 0 aliphatic carbocycles. The second-order valence-corrected chi connectivity index (χ2v) is 1.94. The number of hydrogen-bond acceptors (Lipinski definition) is 2. The minimum absolute atomic E-state index is 1.10. The van der Waals surface area contributed by atoms with E-state index in [1.807, 2.05) is 13.8 Å². The average molecular weight is 124 g/mol. The molecule has 0 saturated carbocycles. The van der Waals surface area contributed by atoms with Gasteiger partial charge in [-0.15, -0.1) is 0 Å². The van der Waals surface area contributed by atoms with Crippen molar-refractivity contribution in [3.05, 3.63) is 0 Å². The molecule has 0 aliphatic heterocycles. The first-order valence-corrected chi connectivity index (χ1v) is 3.90. The molecule has 0 bridgehead atoms. The van der Waals surface area contributed by atoms with Crippen molar-refractivity contribution in [2.24, 2.45) is 0 Å². The Morgan fingerprint density at radius 1 is 1.43 bits per heavy atom. The Labute approximate surface area is 46.4 Å². The van der Waals surface area contributed by atoms with Gasteiger partial charge in [0.1, 0.15) is 0 Å². The largest absolute Gasteiger partial charge is 0.350 e. The van der Waals surface area contributed by atoms with Crippen molar-refractivity contribution in [3.8, 4) is 0 Å². The van der Waals surface area contributed by atoms with Gasteiger partial charge in [0.2, 0.25) is 0 Å². The summed E-state index contributed by atoms with van der Waals surface area (Å²) in [5.74, 6) is 0. The summed E-state index contributed by atoms with van der Waals surface area (Å²) in [5, 5.41) is 0. The first-order chi connectivity index (χ1) is 3.27. The van der Waals surface area contributed by atoms with Crippen LogP contribution in [-0.4, -0.2) is 18.7 Å². The van der Waals surface area contributed by atoms with E-state index >= 15 is 0 Å². The SMILES string of the molecule is CC.COP(C)O. The van der Waals surface area contributed by atoms with Crippen LogP contribution in [0.25, 0.3) is 0 Å². The van der Waals surface area contributed by atoms with E-state index in [1.165, 1.54) is 7.11 Å². The first-order valence-electron chi connectivity index (χ1n) is 2.24. The lowest BCUT2D eigenvalue weighted by molar-refractivity contribution is 0.396. The van der Waals surface area contributed by atoms with Gasteiger partial charge < -0.3 is 9.42 Å². The third-order valence-electron chi connectivity index (χ3n) is 0.264. The zero-order chi connectivity index (χ0) is 6.28. The van der Waals surface area contributed by atoms with Crippen molar-refractivity contribution in [2.75, 3.05) is 13.8 Å². The van der Waals surface area contributed by atoms with Crippen molar-refractivity contribution in [1.29, 1.82) is 0 Å².